The van der Waals surface area contributed by atoms with Crippen molar-refractivity contribution in [3.8, 4) is 0 Å². The average Bonchev–Trinajstić information content (AvgIpc) is 2.29. The average molecular weight is 231 g/mol. The molecule has 0 aliphatic carbocycles. The third-order valence-corrected chi connectivity index (χ3v) is 2.70. The van der Waals surface area contributed by atoms with Gasteiger partial charge >= 0.3 is 5.97 Å². The van der Waals surface area contributed by atoms with Gasteiger partial charge in [0.15, 0.2) is 0 Å². The Morgan fingerprint density at radius 1 is 1.35 bits per heavy atom. The third kappa shape index (κ3) is 1.93. The lowest BCUT2D eigenvalue weighted by Crippen LogP contribution is -2.19. The summed E-state index contributed by atoms with van der Waals surface area (Å²) >= 11 is 0. The number of carboxylic acids is 1. The molecule has 0 saturated carbocycles. The molecule has 4 nitrogen and oxygen atoms in total. The van der Waals surface area contributed by atoms with E-state index in [1.807, 2.05) is 13.0 Å². The number of fused-ring (bicyclic) bond motifs is 1. The zero-order valence-corrected chi connectivity index (χ0v) is 9.49. The smallest absolute Gasteiger partial charge is 0.341 e. The Morgan fingerprint density at radius 3 is 2.71 bits per heavy atom. The van der Waals surface area contributed by atoms with E-state index in [2.05, 4.69) is 4.98 Å². The van der Waals surface area contributed by atoms with Gasteiger partial charge in [-0.1, -0.05) is 25.5 Å². The van der Waals surface area contributed by atoms with Crippen molar-refractivity contribution in [2.24, 2.45) is 0 Å². The van der Waals surface area contributed by atoms with Gasteiger partial charge < -0.3 is 10.1 Å². The monoisotopic (exact) mass is 231 g/mol. The minimum absolute atomic E-state index is 0.134. The summed E-state index contributed by atoms with van der Waals surface area (Å²) in [6.07, 6.45) is 1.34. The van der Waals surface area contributed by atoms with E-state index < -0.39 is 11.4 Å². The van der Waals surface area contributed by atoms with E-state index in [9.17, 15) is 9.59 Å². The highest BCUT2D eigenvalue weighted by Gasteiger charge is 2.17. The maximum absolute atomic E-state index is 12.1. The topological polar surface area (TPSA) is 70.2 Å². The summed E-state index contributed by atoms with van der Waals surface area (Å²) < 4.78 is 0. The number of benzene rings is 1. The predicted molar refractivity (Wildman–Crippen MR) is 65.5 cm³/mol. The first kappa shape index (κ1) is 11.4. The number of hydrogen-bond donors (Lipinski definition) is 2. The minimum atomic E-state index is -1.17. The van der Waals surface area contributed by atoms with Crippen molar-refractivity contribution in [3.63, 3.8) is 0 Å². The van der Waals surface area contributed by atoms with Crippen LogP contribution >= 0.6 is 0 Å². The molecule has 0 aliphatic heterocycles. The number of pyridine rings is 1. The van der Waals surface area contributed by atoms with Crippen molar-refractivity contribution in [3.05, 3.63) is 45.7 Å². The van der Waals surface area contributed by atoms with Crippen LogP contribution in [-0.4, -0.2) is 16.1 Å². The van der Waals surface area contributed by atoms with Crippen molar-refractivity contribution in [1.29, 1.82) is 0 Å². The Kier molecular flexibility index (Phi) is 2.95. The van der Waals surface area contributed by atoms with Crippen LogP contribution in [0.4, 0.5) is 0 Å². The minimum Gasteiger partial charge on any atom is -0.477 e. The Hall–Kier alpha value is -2.10. The summed E-state index contributed by atoms with van der Waals surface area (Å²) in [6, 6.07) is 6.95. The van der Waals surface area contributed by atoms with E-state index in [1.165, 1.54) is 0 Å². The molecule has 0 spiro atoms. The van der Waals surface area contributed by atoms with Crippen LogP contribution in [0, 0.1) is 0 Å². The van der Waals surface area contributed by atoms with Crippen LogP contribution in [-0.2, 0) is 6.42 Å². The molecule has 0 amide bonds. The van der Waals surface area contributed by atoms with Gasteiger partial charge in [-0.25, -0.2) is 4.79 Å². The molecule has 1 aromatic carbocycles. The first-order valence-corrected chi connectivity index (χ1v) is 5.52. The van der Waals surface area contributed by atoms with Gasteiger partial charge in [-0.05, 0) is 18.6 Å². The van der Waals surface area contributed by atoms with Gasteiger partial charge in [0.1, 0.15) is 5.56 Å². The van der Waals surface area contributed by atoms with Gasteiger partial charge in [0.05, 0.1) is 0 Å². The Labute approximate surface area is 97.9 Å². The van der Waals surface area contributed by atoms with Crippen LogP contribution in [0.3, 0.4) is 0 Å². The van der Waals surface area contributed by atoms with Gasteiger partial charge in [-0.2, -0.15) is 0 Å². The molecule has 0 saturated heterocycles. The molecule has 0 fully saturated rings. The lowest BCUT2D eigenvalue weighted by molar-refractivity contribution is 0.0694. The van der Waals surface area contributed by atoms with Gasteiger partial charge in [-0.15, -0.1) is 0 Å². The van der Waals surface area contributed by atoms with E-state index in [1.54, 1.807) is 18.2 Å². The number of hydrogen-bond acceptors (Lipinski definition) is 2. The molecule has 0 atom stereocenters. The molecule has 2 rings (SSSR count). The number of nitrogens with one attached hydrogen (secondary N) is 1. The Balaban J connectivity index is 2.84. The fraction of sp³-hybridized carbons (Fsp3) is 0.231. The summed E-state index contributed by atoms with van der Waals surface area (Å²) in [6.45, 7) is 1.94. The fourth-order valence-electron chi connectivity index (χ4n) is 1.95. The lowest BCUT2D eigenvalue weighted by Gasteiger charge is -2.07. The fourth-order valence-corrected chi connectivity index (χ4v) is 1.95. The van der Waals surface area contributed by atoms with Gasteiger partial charge in [0, 0.05) is 16.6 Å². The van der Waals surface area contributed by atoms with E-state index in [0.717, 1.165) is 6.42 Å². The number of carboxylic acid groups (broad SMARTS) is 1. The summed E-state index contributed by atoms with van der Waals surface area (Å²) in [4.78, 5) is 26.2. The number of aromatic nitrogens is 1. The zero-order valence-electron chi connectivity index (χ0n) is 9.49. The van der Waals surface area contributed by atoms with E-state index >= 15 is 0 Å². The number of rotatable bonds is 3. The van der Waals surface area contributed by atoms with Crippen molar-refractivity contribution < 1.29 is 9.90 Å². The first-order valence-electron chi connectivity index (χ1n) is 5.52. The number of para-hydroxylation sites is 1. The molecular weight excluding hydrogens is 218 g/mol. The maximum atomic E-state index is 12.1. The molecule has 2 N–H and O–H groups in total. The van der Waals surface area contributed by atoms with Crippen LogP contribution in [0.25, 0.3) is 10.9 Å². The molecule has 0 bridgehead atoms. The van der Waals surface area contributed by atoms with E-state index in [0.29, 0.717) is 23.0 Å². The second-order valence-corrected chi connectivity index (χ2v) is 3.91. The number of aromatic carboxylic acids is 1. The van der Waals surface area contributed by atoms with Gasteiger partial charge in [-0.3, -0.25) is 4.79 Å². The number of carbonyl (C=O) groups is 1. The van der Waals surface area contributed by atoms with E-state index in [-0.39, 0.29) is 5.56 Å². The molecule has 4 heteroatoms. The highest BCUT2D eigenvalue weighted by Crippen LogP contribution is 2.12. The molecule has 1 aromatic heterocycles. The second kappa shape index (κ2) is 4.41. The molecule has 1 heterocycles. The number of aryl methyl sites for hydroxylation is 1. The lowest BCUT2D eigenvalue weighted by atomic mass is 10.1. The zero-order chi connectivity index (χ0) is 12.4. The van der Waals surface area contributed by atoms with Crippen molar-refractivity contribution >= 4 is 16.9 Å². The second-order valence-electron chi connectivity index (χ2n) is 3.91. The van der Waals surface area contributed by atoms with Crippen LogP contribution in [0.15, 0.2) is 29.1 Å². The van der Waals surface area contributed by atoms with Crippen LogP contribution in [0.5, 0.6) is 0 Å². The Bertz CT molecular complexity index is 628. The molecule has 88 valence electrons. The number of aromatic amines is 1. The summed E-state index contributed by atoms with van der Waals surface area (Å²) in [5, 5.41) is 9.53. The first-order chi connectivity index (χ1) is 8.15. The molecule has 2 aromatic rings. The van der Waals surface area contributed by atoms with Gasteiger partial charge in [0.25, 0.3) is 0 Å². The van der Waals surface area contributed by atoms with Crippen LogP contribution in [0.2, 0.25) is 0 Å². The van der Waals surface area contributed by atoms with Crippen LogP contribution in [0.1, 0.15) is 29.4 Å². The summed E-state index contributed by atoms with van der Waals surface area (Å²) in [5.74, 6) is -1.17. The standard InChI is InChI=1S/C13H13NO3/c1-2-5-10-11(13(16)17)12(15)8-6-3-4-7-9(8)14-10/h3-4,6-7H,2,5H2,1H3,(H,14,15)(H,16,17). The highest BCUT2D eigenvalue weighted by atomic mass is 16.4. The largest absolute Gasteiger partial charge is 0.477 e. The van der Waals surface area contributed by atoms with Crippen molar-refractivity contribution in [1.82, 2.24) is 4.98 Å². The quantitative estimate of drug-likeness (QED) is 0.850. The molecule has 17 heavy (non-hydrogen) atoms. The predicted octanol–water partition coefficient (Wildman–Crippen LogP) is 2.18. The van der Waals surface area contributed by atoms with Crippen molar-refractivity contribution in [2.75, 3.05) is 0 Å². The third-order valence-electron chi connectivity index (χ3n) is 2.70. The Morgan fingerprint density at radius 2 is 2.06 bits per heavy atom. The SMILES string of the molecule is CCCc1[nH]c2ccccc2c(=O)c1C(=O)O. The summed E-state index contributed by atoms with van der Waals surface area (Å²) in [7, 11) is 0. The highest BCUT2D eigenvalue weighted by molar-refractivity contribution is 5.93. The van der Waals surface area contributed by atoms with Gasteiger partial charge in [0.2, 0.25) is 5.43 Å². The maximum Gasteiger partial charge on any atom is 0.341 e. The van der Waals surface area contributed by atoms with Crippen molar-refractivity contribution in [2.45, 2.75) is 19.8 Å². The normalized spacial score (nSPS) is 10.6. The molecular formula is C13H13NO3. The molecule has 0 radical (unpaired) electrons. The molecule has 0 unspecified atom stereocenters. The van der Waals surface area contributed by atoms with E-state index in [4.69, 9.17) is 5.11 Å². The van der Waals surface area contributed by atoms with Crippen LogP contribution < -0.4 is 5.43 Å². The molecule has 0 aliphatic rings. The number of H-pyrrole nitrogens is 1. The summed E-state index contributed by atoms with van der Waals surface area (Å²) in [5.41, 5.74) is 0.649.